The number of carbonyl (C=O) groups excluding carboxylic acids is 1. The Kier molecular flexibility index (Phi) is 6.45. The molecule has 2 aliphatic heterocycles. The molecular weight excluding hydrogens is 266 g/mol. The SMILES string of the molecule is CC(C)CCCC(=O)N[C@H]1COC[C@@H]1N1CCN(C)CC1. The quantitative estimate of drug-likeness (QED) is 0.793. The first-order chi connectivity index (χ1) is 10.1. The monoisotopic (exact) mass is 297 g/mol. The molecule has 5 nitrogen and oxygen atoms in total. The molecule has 0 saturated carbocycles. The molecule has 2 aliphatic rings. The smallest absolute Gasteiger partial charge is 0.220 e. The summed E-state index contributed by atoms with van der Waals surface area (Å²) in [5.41, 5.74) is 0. The standard InChI is InChI=1S/C16H31N3O2/c1-13(2)5-4-6-16(20)17-14-11-21-12-15(14)19-9-7-18(3)8-10-19/h13-15H,4-12H2,1-3H3,(H,17,20)/t14-,15-/m0/s1. The van der Waals surface area contributed by atoms with E-state index in [4.69, 9.17) is 4.74 Å². The first-order valence-electron chi connectivity index (χ1n) is 8.36. The first-order valence-corrected chi connectivity index (χ1v) is 8.36. The van der Waals surface area contributed by atoms with Crippen molar-refractivity contribution in [3.05, 3.63) is 0 Å². The summed E-state index contributed by atoms with van der Waals surface area (Å²) >= 11 is 0. The van der Waals surface area contributed by atoms with Gasteiger partial charge in [0, 0.05) is 32.6 Å². The minimum Gasteiger partial charge on any atom is -0.378 e. The van der Waals surface area contributed by atoms with Crippen molar-refractivity contribution in [2.75, 3.05) is 46.4 Å². The molecule has 2 saturated heterocycles. The molecule has 0 spiro atoms. The molecule has 2 atom stereocenters. The third-order valence-electron chi connectivity index (χ3n) is 4.59. The molecule has 0 aromatic heterocycles. The number of nitrogens with zero attached hydrogens (tertiary/aromatic N) is 2. The van der Waals surface area contributed by atoms with Gasteiger partial charge >= 0.3 is 0 Å². The second-order valence-corrected chi connectivity index (χ2v) is 6.90. The van der Waals surface area contributed by atoms with E-state index in [9.17, 15) is 4.79 Å². The second-order valence-electron chi connectivity index (χ2n) is 6.90. The zero-order valence-corrected chi connectivity index (χ0v) is 13.8. The van der Waals surface area contributed by atoms with Crippen LogP contribution in [0.4, 0.5) is 0 Å². The zero-order valence-electron chi connectivity index (χ0n) is 13.8. The maximum absolute atomic E-state index is 12.1. The van der Waals surface area contributed by atoms with E-state index in [1.165, 1.54) is 0 Å². The van der Waals surface area contributed by atoms with Gasteiger partial charge in [0.05, 0.1) is 25.3 Å². The molecule has 2 heterocycles. The first kappa shape index (κ1) is 16.7. The van der Waals surface area contributed by atoms with Crippen LogP contribution in [0.2, 0.25) is 0 Å². The topological polar surface area (TPSA) is 44.8 Å². The summed E-state index contributed by atoms with van der Waals surface area (Å²) in [5.74, 6) is 0.857. The number of likely N-dealkylation sites (N-methyl/N-ethyl adjacent to an activating group) is 1. The minimum absolute atomic E-state index is 0.167. The van der Waals surface area contributed by atoms with Crippen LogP contribution in [0.25, 0.3) is 0 Å². The highest BCUT2D eigenvalue weighted by atomic mass is 16.5. The lowest BCUT2D eigenvalue weighted by atomic mass is 10.1. The van der Waals surface area contributed by atoms with E-state index in [2.05, 4.69) is 36.0 Å². The third-order valence-corrected chi connectivity index (χ3v) is 4.59. The molecule has 0 aromatic rings. The van der Waals surface area contributed by atoms with Gasteiger partial charge in [-0.15, -0.1) is 0 Å². The summed E-state index contributed by atoms with van der Waals surface area (Å²) in [5, 5.41) is 3.19. The zero-order chi connectivity index (χ0) is 15.2. The van der Waals surface area contributed by atoms with Crippen molar-refractivity contribution < 1.29 is 9.53 Å². The van der Waals surface area contributed by atoms with Crippen LogP contribution >= 0.6 is 0 Å². The van der Waals surface area contributed by atoms with Crippen LogP contribution < -0.4 is 5.32 Å². The molecule has 5 heteroatoms. The molecular formula is C16H31N3O2. The Hall–Kier alpha value is -0.650. The van der Waals surface area contributed by atoms with Gasteiger partial charge in [-0.1, -0.05) is 20.3 Å². The van der Waals surface area contributed by atoms with Gasteiger partial charge in [-0.2, -0.15) is 0 Å². The van der Waals surface area contributed by atoms with Gasteiger partial charge < -0.3 is 15.0 Å². The summed E-state index contributed by atoms with van der Waals surface area (Å²) in [6.45, 7) is 10.2. The molecule has 2 fully saturated rings. The molecule has 0 unspecified atom stereocenters. The molecule has 0 bridgehead atoms. The molecule has 1 amide bonds. The van der Waals surface area contributed by atoms with E-state index in [0.29, 0.717) is 25.0 Å². The van der Waals surface area contributed by atoms with Crippen molar-refractivity contribution in [1.29, 1.82) is 0 Å². The largest absolute Gasteiger partial charge is 0.378 e. The summed E-state index contributed by atoms with van der Waals surface area (Å²) in [7, 11) is 2.16. The molecule has 0 aromatic carbocycles. The van der Waals surface area contributed by atoms with Crippen LogP contribution in [-0.4, -0.2) is 74.2 Å². The van der Waals surface area contributed by atoms with Crippen molar-refractivity contribution in [2.45, 2.75) is 45.2 Å². The fourth-order valence-electron chi connectivity index (χ4n) is 3.14. The highest BCUT2D eigenvalue weighted by molar-refractivity contribution is 5.76. The van der Waals surface area contributed by atoms with Crippen LogP contribution in [0.3, 0.4) is 0 Å². The average Bonchev–Trinajstić information content (AvgIpc) is 2.87. The normalized spacial score (nSPS) is 28.2. The predicted molar refractivity (Wildman–Crippen MR) is 84.3 cm³/mol. The number of rotatable bonds is 6. The van der Waals surface area contributed by atoms with Crippen molar-refractivity contribution in [3.8, 4) is 0 Å². The van der Waals surface area contributed by atoms with E-state index in [1.54, 1.807) is 0 Å². The summed E-state index contributed by atoms with van der Waals surface area (Å²) in [4.78, 5) is 16.9. The van der Waals surface area contributed by atoms with E-state index in [1.807, 2.05) is 0 Å². The van der Waals surface area contributed by atoms with E-state index in [-0.39, 0.29) is 11.9 Å². The van der Waals surface area contributed by atoms with Crippen LogP contribution in [0, 0.1) is 5.92 Å². The Morgan fingerprint density at radius 3 is 2.62 bits per heavy atom. The molecule has 2 rings (SSSR count). The maximum atomic E-state index is 12.1. The molecule has 0 radical (unpaired) electrons. The number of piperazine rings is 1. The Morgan fingerprint density at radius 2 is 1.95 bits per heavy atom. The van der Waals surface area contributed by atoms with Gasteiger partial charge in [-0.05, 0) is 19.4 Å². The molecule has 21 heavy (non-hydrogen) atoms. The summed E-state index contributed by atoms with van der Waals surface area (Å²) in [6.07, 6.45) is 2.75. The number of hydrogen-bond donors (Lipinski definition) is 1. The van der Waals surface area contributed by atoms with Crippen molar-refractivity contribution in [1.82, 2.24) is 15.1 Å². The Balaban J connectivity index is 1.75. The number of ether oxygens (including phenoxy) is 1. The predicted octanol–water partition coefficient (Wildman–Crippen LogP) is 0.944. The molecule has 1 N–H and O–H groups in total. The fourth-order valence-corrected chi connectivity index (χ4v) is 3.14. The number of hydrogen-bond acceptors (Lipinski definition) is 4. The number of carbonyl (C=O) groups is 1. The Morgan fingerprint density at radius 1 is 1.24 bits per heavy atom. The fraction of sp³-hybridized carbons (Fsp3) is 0.938. The summed E-state index contributed by atoms with van der Waals surface area (Å²) in [6, 6.07) is 0.521. The molecule has 122 valence electrons. The van der Waals surface area contributed by atoms with Gasteiger partial charge in [0.1, 0.15) is 0 Å². The van der Waals surface area contributed by atoms with Gasteiger partial charge in [0.25, 0.3) is 0 Å². The van der Waals surface area contributed by atoms with Gasteiger partial charge in [0.15, 0.2) is 0 Å². The van der Waals surface area contributed by atoms with Gasteiger partial charge in [-0.25, -0.2) is 0 Å². The van der Waals surface area contributed by atoms with Crippen LogP contribution in [-0.2, 0) is 9.53 Å². The molecule has 0 aliphatic carbocycles. The maximum Gasteiger partial charge on any atom is 0.220 e. The van der Waals surface area contributed by atoms with Crippen LogP contribution in [0.1, 0.15) is 33.1 Å². The number of nitrogens with one attached hydrogen (secondary N) is 1. The van der Waals surface area contributed by atoms with Crippen LogP contribution in [0.15, 0.2) is 0 Å². The van der Waals surface area contributed by atoms with E-state index >= 15 is 0 Å². The van der Waals surface area contributed by atoms with Gasteiger partial charge in [0.2, 0.25) is 5.91 Å². The lowest BCUT2D eigenvalue weighted by Crippen LogP contribution is -2.56. The van der Waals surface area contributed by atoms with E-state index in [0.717, 1.165) is 45.6 Å². The van der Waals surface area contributed by atoms with Crippen LogP contribution in [0.5, 0.6) is 0 Å². The number of amides is 1. The lowest BCUT2D eigenvalue weighted by Gasteiger charge is -2.38. The van der Waals surface area contributed by atoms with E-state index < -0.39 is 0 Å². The average molecular weight is 297 g/mol. The minimum atomic E-state index is 0.167. The Bertz CT molecular complexity index is 327. The lowest BCUT2D eigenvalue weighted by molar-refractivity contribution is -0.122. The van der Waals surface area contributed by atoms with Gasteiger partial charge in [-0.3, -0.25) is 9.69 Å². The third kappa shape index (κ3) is 5.24. The highest BCUT2D eigenvalue weighted by Gasteiger charge is 2.35. The highest BCUT2D eigenvalue weighted by Crippen LogP contribution is 2.16. The summed E-state index contributed by atoms with van der Waals surface area (Å²) < 4.78 is 5.62. The second kappa shape index (κ2) is 8.11. The Labute approximate surface area is 129 Å². The van der Waals surface area contributed by atoms with Crippen molar-refractivity contribution in [3.63, 3.8) is 0 Å². The van der Waals surface area contributed by atoms with Crippen molar-refractivity contribution in [2.24, 2.45) is 5.92 Å². The van der Waals surface area contributed by atoms with Crippen molar-refractivity contribution >= 4 is 5.91 Å².